The molecule has 1 aliphatic heterocycles. The number of esters is 1. The maximum absolute atomic E-state index is 13.0. The topological polar surface area (TPSA) is 64.7 Å². The SMILES string of the molecule is COC(=O)c1cc2occc2n1CC(=O)N1CCCc2ccccc21. The fourth-order valence-electron chi connectivity index (χ4n) is 3.43. The summed E-state index contributed by atoms with van der Waals surface area (Å²) in [5.74, 6) is -0.547. The maximum atomic E-state index is 13.0. The maximum Gasteiger partial charge on any atom is 0.354 e. The number of carbonyl (C=O) groups is 2. The Kier molecular flexibility index (Phi) is 3.80. The van der Waals surface area contributed by atoms with Crippen molar-refractivity contribution in [2.24, 2.45) is 0 Å². The van der Waals surface area contributed by atoms with Crippen LogP contribution >= 0.6 is 0 Å². The predicted octanol–water partition coefficient (Wildman–Crippen LogP) is 3.00. The zero-order chi connectivity index (χ0) is 17.4. The Morgan fingerprint density at radius 2 is 2.08 bits per heavy atom. The first kappa shape index (κ1) is 15.5. The molecular formula is C19H18N2O4. The Labute approximate surface area is 144 Å². The number of hydrogen-bond acceptors (Lipinski definition) is 4. The first-order valence-corrected chi connectivity index (χ1v) is 8.22. The normalized spacial score (nSPS) is 13.7. The number of carbonyl (C=O) groups excluding carboxylic acids is 2. The first-order valence-electron chi connectivity index (χ1n) is 8.22. The molecule has 3 heterocycles. The lowest BCUT2D eigenvalue weighted by Gasteiger charge is -2.29. The summed E-state index contributed by atoms with van der Waals surface area (Å²) in [6.07, 6.45) is 3.45. The molecule has 6 nitrogen and oxygen atoms in total. The molecule has 1 amide bonds. The number of nitrogens with zero attached hydrogens (tertiary/aromatic N) is 2. The number of aryl methyl sites for hydroxylation is 1. The number of fused-ring (bicyclic) bond motifs is 2. The van der Waals surface area contributed by atoms with E-state index in [9.17, 15) is 9.59 Å². The van der Waals surface area contributed by atoms with Crippen LogP contribution in [0.2, 0.25) is 0 Å². The third-order valence-electron chi connectivity index (χ3n) is 4.62. The van der Waals surface area contributed by atoms with Gasteiger partial charge in [0.1, 0.15) is 12.2 Å². The van der Waals surface area contributed by atoms with Gasteiger partial charge < -0.3 is 18.6 Å². The van der Waals surface area contributed by atoms with E-state index >= 15 is 0 Å². The summed E-state index contributed by atoms with van der Waals surface area (Å²) in [5.41, 5.74) is 3.71. The Morgan fingerprint density at radius 3 is 2.92 bits per heavy atom. The van der Waals surface area contributed by atoms with Gasteiger partial charge in [-0.2, -0.15) is 0 Å². The van der Waals surface area contributed by atoms with Gasteiger partial charge in [-0.05, 0) is 24.5 Å². The zero-order valence-corrected chi connectivity index (χ0v) is 13.9. The summed E-state index contributed by atoms with van der Waals surface area (Å²) in [7, 11) is 1.32. The van der Waals surface area contributed by atoms with Crippen molar-refractivity contribution in [1.82, 2.24) is 4.57 Å². The molecule has 0 N–H and O–H groups in total. The molecule has 0 saturated carbocycles. The van der Waals surface area contributed by atoms with Gasteiger partial charge in [-0.15, -0.1) is 0 Å². The predicted molar refractivity (Wildman–Crippen MR) is 92.7 cm³/mol. The summed E-state index contributed by atoms with van der Waals surface area (Å²) >= 11 is 0. The molecule has 128 valence electrons. The van der Waals surface area contributed by atoms with Crippen LogP contribution in [0.5, 0.6) is 0 Å². The van der Waals surface area contributed by atoms with Crippen LogP contribution in [0, 0.1) is 0 Å². The summed E-state index contributed by atoms with van der Waals surface area (Å²) in [5, 5.41) is 0. The molecule has 1 aliphatic rings. The Hall–Kier alpha value is -3.02. The van der Waals surface area contributed by atoms with Crippen LogP contribution in [0.3, 0.4) is 0 Å². The number of rotatable bonds is 3. The largest absolute Gasteiger partial charge is 0.464 e. The molecule has 3 aromatic rings. The number of hydrogen-bond donors (Lipinski definition) is 0. The molecule has 0 aliphatic carbocycles. The molecule has 4 rings (SSSR count). The standard InChI is InChI=1S/C19H18N2O4/c1-24-19(23)16-11-17-15(8-10-25-17)21(16)12-18(22)20-9-4-6-13-5-2-3-7-14(13)20/h2-3,5,7-8,10-11H,4,6,9,12H2,1H3. The van der Waals surface area contributed by atoms with Gasteiger partial charge in [0.25, 0.3) is 0 Å². The van der Waals surface area contributed by atoms with Crippen LogP contribution < -0.4 is 4.90 Å². The van der Waals surface area contributed by atoms with Crippen molar-refractivity contribution in [3.63, 3.8) is 0 Å². The Balaban J connectivity index is 1.69. The van der Waals surface area contributed by atoms with E-state index in [-0.39, 0.29) is 12.5 Å². The number of furan rings is 1. The molecule has 1 aromatic carbocycles. The van der Waals surface area contributed by atoms with Crippen LogP contribution in [-0.2, 0) is 22.5 Å². The van der Waals surface area contributed by atoms with E-state index in [1.165, 1.54) is 12.7 Å². The quantitative estimate of drug-likeness (QED) is 0.689. The van der Waals surface area contributed by atoms with Crippen LogP contribution in [-0.4, -0.2) is 30.1 Å². The summed E-state index contributed by atoms with van der Waals surface area (Å²) in [4.78, 5) is 26.8. The fourth-order valence-corrected chi connectivity index (χ4v) is 3.43. The van der Waals surface area contributed by atoms with E-state index in [0.29, 0.717) is 23.3 Å². The minimum absolute atomic E-state index is 0.0573. The van der Waals surface area contributed by atoms with Crippen molar-refractivity contribution in [3.05, 3.63) is 53.9 Å². The summed E-state index contributed by atoms with van der Waals surface area (Å²) in [6.45, 7) is 0.737. The molecule has 2 aromatic heterocycles. The molecular weight excluding hydrogens is 320 g/mol. The van der Waals surface area contributed by atoms with Crippen molar-refractivity contribution in [2.75, 3.05) is 18.6 Å². The number of amides is 1. The molecule has 0 bridgehead atoms. The number of ether oxygens (including phenoxy) is 1. The smallest absolute Gasteiger partial charge is 0.354 e. The molecule has 0 spiro atoms. The third kappa shape index (κ3) is 2.59. The Morgan fingerprint density at radius 1 is 1.24 bits per heavy atom. The molecule has 0 radical (unpaired) electrons. The van der Waals surface area contributed by atoms with E-state index in [1.807, 2.05) is 18.2 Å². The van der Waals surface area contributed by atoms with Crippen LogP contribution in [0.4, 0.5) is 5.69 Å². The molecule has 25 heavy (non-hydrogen) atoms. The highest BCUT2D eigenvalue weighted by Gasteiger charge is 2.25. The van der Waals surface area contributed by atoms with Crippen molar-refractivity contribution in [2.45, 2.75) is 19.4 Å². The van der Waals surface area contributed by atoms with Gasteiger partial charge in [0.15, 0.2) is 5.58 Å². The van der Waals surface area contributed by atoms with Crippen molar-refractivity contribution in [3.8, 4) is 0 Å². The van der Waals surface area contributed by atoms with Gasteiger partial charge in [0, 0.05) is 24.4 Å². The third-order valence-corrected chi connectivity index (χ3v) is 4.62. The molecule has 0 unspecified atom stereocenters. The van der Waals surface area contributed by atoms with Gasteiger partial charge in [0.05, 0.1) is 18.9 Å². The van der Waals surface area contributed by atoms with Gasteiger partial charge >= 0.3 is 5.97 Å². The second-order valence-electron chi connectivity index (χ2n) is 6.06. The summed E-state index contributed by atoms with van der Waals surface area (Å²) < 4.78 is 11.9. The highest BCUT2D eigenvalue weighted by atomic mass is 16.5. The Bertz CT molecular complexity index is 953. The average molecular weight is 338 g/mol. The van der Waals surface area contributed by atoms with Crippen LogP contribution in [0.1, 0.15) is 22.5 Å². The first-order chi connectivity index (χ1) is 12.2. The van der Waals surface area contributed by atoms with E-state index < -0.39 is 5.97 Å². The lowest BCUT2D eigenvalue weighted by atomic mass is 10.0. The van der Waals surface area contributed by atoms with Gasteiger partial charge in [-0.3, -0.25) is 4.79 Å². The molecule has 0 fully saturated rings. The molecule has 0 saturated heterocycles. The minimum Gasteiger partial charge on any atom is -0.464 e. The minimum atomic E-state index is -0.488. The zero-order valence-electron chi connectivity index (χ0n) is 13.9. The molecule has 0 atom stereocenters. The fraction of sp³-hybridized carbons (Fsp3) is 0.263. The number of methoxy groups -OCH3 is 1. The second kappa shape index (κ2) is 6.12. The molecule has 6 heteroatoms. The number of aromatic nitrogens is 1. The summed E-state index contributed by atoms with van der Waals surface area (Å²) in [6, 6.07) is 11.3. The van der Waals surface area contributed by atoms with E-state index in [4.69, 9.17) is 9.15 Å². The average Bonchev–Trinajstić information content (AvgIpc) is 3.23. The lowest BCUT2D eigenvalue weighted by Crippen LogP contribution is -2.38. The monoisotopic (exact) mass is 338 g/mol. The number of anilines is 1. The van der Waals surface area contributed by atoms with Crippen molar-refractivity contribution in [1.29, 1.82) is 0 Å². The number of para-hydroxylation sites is 1. The lowest BCUT2D eigenvalue weighted by molar-refractivity contribution is -0.119. The van der Waals surface area contributed by atoms with Crippen LogP contribution in [0.15, 0.2) is 47.1 Å². The van der Waals surface area contributed by atoms with E-state index in [0.717, 1.165) is 18.5 Å². The van der Waals surface area contributed by atoms with Crippen molar-refractivity contribution < 1.29 is 18.7 Å². The second-order valence-corrected chi connectivity index (χ2v) is 6.06. The highest BCUT2D eigenvalue weighted by molar-refractivity contribution is 5.98. The van der Waals surface area contributed by atoms with Crippen LogP contribution in [0.25, 0.3) is 11.1 Å². The van der Waals surface area contributed by atoms with Gasteiger partial charge in [-0.25, -0.2) is 4.79 Å². The van der Waals surface area contributed by atoms with Gasteiger partial charge in [0.2, 0.25) is 5.91 Å². The number of benzene rings is 1. The van der Waals surface area contributed by atoms with Gasteiger partial charge in [-0.1, -0.05) is 18.2 Å². The highest BCUT2D eigenvalue weighted by Crippen LogP contribution is 2.28. The van der Waals surface area contributed by atoms with E-state index in [2.05, 4.69) is 6.07 Å². The van der Waals surface area contributed by atoms with Crippen molar-refractivity contribution >= 4 is 28.7 Å². The van der Waals surface area contributed by atoms with E-state index in [1.54, 1.807) is 27.9 Å².